The van der Waals surface area contributed by atoms with E-state index in [1.807, 2.05) is 42.5 Å². The maximum atomic E-state index is 13.3. The molecular formula is C29H32N4O4. The van der Waals surface area contributed by atoms with E-state index in [1.54, 1.807) is 4.90 Å². The van der Waals surface area contributed by atoms with E-state index < -0.39 is 29.6 Å². The highest BCUT2D eigenvalue weighted by Gasteiger charge is 2.54. The topological polar surface area (TPSA) is 111 Å². The predicted molar refractivity (Wildman–Crippen MR) is 138 cm³/mol. The molecule has 8 nitrogen and oxygen atoms in total. The monoisotopic (exact) mass is 500 g/mol. The molecule has 3 fully saturated rings. The van der Waals surface area contributed by atoms with Crippen LogP contribution in [-0.2, 0) is 9.59 Å². The van der Waals surface area contributed by atoms with Gasteiger partial charge >= 0.3 is 6.03 Å². The Morgan fingerprint density at radius 3 is 2.27 bits per heavy atom. The van der Waals surface area contributed by atoms with Crippen LogP contribution >= 0.6 is 0 Å². The number of urea groups is 1. The first-order valence-corrected chi connectivity index (χ1v) is 12.9. The van der Waals surface area contributed by atoms with Crippen LogP contribution in [0.15, 0.2) is 54.6 Å². The van der Waals surface area contributed by atoms with E-state index in [0.29, 0.717) is 38.4 Å². The van der Waals surface area contributed by atoms with Crippen molar-refractivity contribution in [1.29, 1.82) is 0 Å². The molecule has 0 bridgehead atoms. The molecule has 2 aromatic rings. The summed E-state index contributed by atoms with van der Waals surface area (Å²) >= 11 is 0. The number of piperidine rings is 2. The lowest BCUT2D eigenvalue weighted by Crippen LogP contribution is -2.65. The number of nitrogens with one attached hydrogen (secondary N) is 3. The zero-order valence-corrected chi connectivity index (χ0v) is 20.7. The number of rotatable bonds is 4. The maximum absolute atomic E-state index is 13.3. The largest absolute Gasteiger partial charge is 0.393 e. The van der Waals surface area contributed by atoms with Crippen LogP contribution in [0, 0.1) is 11.8 Å². The number of benzene rings is 2. The molecule has 192 valence electrons. The fourth-order valence-corrected chi connectivity index (χ4v) is 5.59. The Kier molecular flexibility index (Phi) is 7.26. The van der Waals surface area contributed by atoms with E-state index in [-0.39, 0.29) is 12.3 Å². The van der Waals surface area contributed by atoms with Crippen molar-refractivity contribution in [1.82, 2.24) is 20.9 Å². The van der Waals surface area contributed by atoms with Gasteiger partial charge in [0, 0.05) is 30.3 Å². The van der Waals surface area contributed by atoms with E-state index in [4.69, 9.17) is 0 Å². The molecule has 4 N–H and O–H groups in total. The first-order valence-electron chi connectivity index (χ1n) is 12.9. The van der Waals surface area contributed by atoms with E-state index in [2.05, 4.69) is 39.9 Å². The lowest BCUT2D eigenvalue weighted by atomic mass is 9.80. The number of aliphatic hydroxyl groups is 1. The average molecular weight is 501 g/mol. The minimum Gasteiger partial charge on any atom is -0.393 e. The number of likely N-dealkylation sites (tertiary alicyclic amines) is 1. The zero-order valence-electron chi connectivity index (χ0n) is 20.7. The Morgan fingerprint density at radius 2 is 1.65 bits per heavy atom. The minimum atomic E-state index is -1.39. The van der Waals surface area contributed by atoms with Gasteiger partial charge in [-0.2, -0.15) is 0 Å². The molecule has 0 saturated carbocycles. The van der Waals surface area contributed by atoms with E-state index >= 15 is 0 Å². The highest BCUT2D eigenvalue weighted by Crippen LogP contribution is 2.31. The van der Waals surface area contributed by atoms with Gasteiger partial charge in [-0.1, -0.05) is 42.2 Å². The predicted octanol–water partition coefficient (Wildman–Crippen LogP) is 1.87. The van der Waals surface area contributed by atoms with Gasteiger partial charge < -0.3 is 20.6 Å². The summed E-state index contributed by atoms with van der Waals surface area (Å²) in [5.41, 5.74) is 1.79. The Balaban J connectivity index is 1.19. The van der Waals surface area contributed by atoms with Gasteiger partial charge in [-0.3, -0.25) is 14.9 Å². The number of carbonyl (C=O) groups excluding carboxylic acids is 3. The summed E-state index contributed by atoms with van der Waals surface area (Å²) in [5.74, 6) is 6.05. The van der Waals surface area contributed by atoms with Crippen LogP contribution in [0.1, 0.15) is 54.7 Å². The van der Waals surface area contributed by atoms with Crippen molar-refractivity contribution in [3.8, 4) is 11.8 Å². The molecule has 37 heavy (non-hydrogen) atoms. The number of imide groups is 1. The zero-order chi connectivity index (χ0) is 25.8. The van der Waals surface area contributed by atoms with Gasteiger partial charge in [0.25, 0.3) is 5.91 Å². The standard InChI is InChI=1S/C29H32N4O4/c34-24-12-15-30-25(18-24)29(27(36)31-28(37)32-29)19-26(35)33-16-13-23(14-17-33)22-10-8-21(9-11-22)7-6-20-4-2-1-3-5-20/h1-5,8-11,23-25,30,34H,12-19H2,(H2,31,32,36,37). The molecule has 0 aromatic heterocycles. The molecule has 0 radical (unpaired) electrons. The molecule has 2 aromatic carbocycles. The molecule has 3 atom stereocenters. The summed E-state index contributed by atoms with van der Waals surface area (Å²) in [6, 6.07) is 17.1. The second-order valence-electron chi connectivity index (χ2n) is 10.1. The maximum Gasteiger partial charge on any atom is 0.322 e. The first kappa shape index (κ1) is 25.0. The van der Waals surface area contributed by atoms with Crippen LogP contribution in [0.3, 0.4) is 0 Å². The fourth-order valence-electron chi connectivity index (χ4n) is 5.59. The summed E-state index contributed by atoms with van der Waals surface area (Å²) in [4.78, 5) is 39.9. The van der Waals surface area contributed by atoms with Gasteiger partial charge in [0.15, 0.2) is 0 Å². The Bertz CT molecular complexity index is 1210. The Morgan fingerprint density at radius 1 is 0.973 bits per heavy atom. The molecule has 3 aliphatic heterocycles. The van der Waals surface area contributed by atoms with Crippen LogP contribution in [0.5, 0.6) is 0 Å². The highest BCUT2D eigenvalue weighted by molar-refractivity contribution is 6.09. The SMILES string of the molecule is O=C1NC(=O)C(CC(=O)N2CCC(c3ccc(C#Cc4ccccc4)cc3)CC2)(C2CC(O)CCN2)N1. The van der Waals surface area contributed by atoms with E-state index in [1.165, 1.54) is 5.56 Å². The van der Waals surface area contributed by atoms with Gasteiger partial charge in [-0.05, 0) is 68.0 Å². The number of hydrogen-bond donors (Lipinski definition) is 4. The van der Waals surface area contributed by atoms with Crippen molar-refractivity contribution in [3.63, 3.8) is 0 Å². The van der Waals surface area contributed by atoms with E-state index in [9.17, 15) is 19.5 Å². The smallest absolute Gasteiger partial charge is 0.322 e. The van der Waals surface area contributed by atoms with Gasteiger partial charge in [0.05, 0.1) is 12.5 Å². The third-order valence-electron chi connectivity index (χ3n) is 7.72. The van der Waals surface area contributed by atoms with Crippen molar-refractivity contribution in [2.45, 2.75) is 55.7 Å². The number of amides is 4. The summed E-state index contributed by atoms with van der Waals surface area (Å²) < 4.78 is 0. The molecule has 3 unspecified atom stereocenters. The van der Waals surface area contributed by atoms with Crippen molar-refractivity contribution in [2.75, 3.05) is 19.6 Å². The normalized spacial score (nSPS) is 26.1. The number of hydrogen-bond acceptors (Lipinski definition) is 5. The van der Waals surface area contributed by atoms with Crippen LogP contribution in [0.2, 0.25) is 0 Å². The molecule has 8 heteroatoms. The summed E-state index contributed by atoms with van der Waals surface area (Å²) in [5, 5.41) is 18.4. The van der Waals surface area contributed by atoms with Gasteiger partial charge in [-0.25, -0.2) is 4.79 Å². The average Bonchev–Trinajstić information content (AvgIpc) is 3.21. The van der Waals surface area contributed by atoms with Crippen molar-refractivity contribution >= 4 is 17.8 Å². The summed E-state index contributed by atoms with van der Waals surface area (Å²) in [6.07, 6.45) is 1.82. The fraction of sp³-hybridized carbons (Fsp3) is 0.414. The van der Waals surface area contributed by atoms with Crippen LogP contribution in [-0.4, -0.2) is 65.2 Å². The van der Waals surface area contributed by atoms with Crippen molar-refractivity contribution in [2.24, 2.45) is 0 Å². The van der Waals surface area contributed by atoms with Crippen molar-refractivity contribution in [3.05, 3.63) is 71.3 Å². The Labute approximate surface area is 216 Å². The summed E-state index contributed by atoms with van der Waals surface area (Å²) in [6.45, 7) is 1.70. The molecule has 3 heterocycles. The molecule has 0 spiro atoms. The van der Waals surface area contributed by atoms with E-state index in [0.717, 1.165) is 24.0 Å². The van der Waals surface area contributed by atoms with Crippen LogP contribution in [0.25, 0.3) is 0 Å². The molecule has 3 aliphatic rings. The van der Waals surface area contributed by atoms with Crippen LogP contribution < -0.4 is 16.0 Å². The number of nitrogens with zero attached hydrogens (tertiary/aromatic N) is 1. The molecular weight excluding hydrogens is 468 g/mol. The minimum absolute atomic E-state index is 0.131. The Hall–Kier alpha value is -3.67. The van der Waals surface area contributed by atoms with Gasteiger partial charge in [0.2, 0.25) is 5.91 Å². The van der Waals surface area contributed by atoms with Gasteiger partial charge in [0.1, 0.15) is 5.54 Å². The lowest BCUT2D eigenvalue weighted by molar-refractivity contribution is -0.138. The third kappa shape index (κ3) is 5.53. The summed E-state index contributed by atoms with van der Waals surface area (Å²) in [7, 11) is 0. The third-order valence-corrected chi connectivity index (χ3v) is 7.72. The molecule has 4 amide bonds. The second-order valence-corrected chi connectivity index (χ2v) is 10.1. The quantitative estimate of drug-likeness (QED) is 0.379. The first-order chi connectivity index (χ1) is 17.9. The molecule has 5 rings (SSSR count). The van der Waals surface area contributed by atoms with Crippen LogP contribution in [0.4, 0.5) is 4.79 Å². The van der Waals surface area contributed by atoms with Crippen molar-refractivity contribution < 1.29 is 19.5 Å². The second kappa shape index (κ2) is 10.8. The lowest BCUT2D eigenvalue weighted by Gasteiger charge is -2.40. The number of carbonyl (C=O) groups is 3. The molecule has 0 aliphatic carbocycles. The van der Waals surface area contributed by atoms with Gasteiger partial charge in [-0.15, -0.1) is 0 Å². The highest BCUT2D eigenvalue weighted by atomic mass is 16.3. The molecule has 3 saturated heterocycles. The number of aliphatic hydroxyl groups excluding tert-OH is 1.